The van der Waals surface area contributed by atoms with Crippen LogP contribution in [0.1, 0.15) is 55.2 Å². The Morgan fingerprint density at radius 1 is 0.857 bits per heavy atom. The topological polar surface area (TPSA) is 176 Å². The van der Waals surface area contributed by atoms with E-state index in [0.717, 1.165) is 31.7 Å². The molecule has 2 aromatic rings. The summed E-state index contributed by atoms with van der Waals surface area (Å²) in [6.07, 6.45) is 3.88. The predicted molar refractivity (Wildman–Crippen MR) is 152 cm³/mol. The van der Waals surface area contributed by atoms with E-state index < -0.39 is 36.4 Å². The summed E-state index contributed by atoms with van der Waals surface area (Å²) < 4.78 is 0. The van der Waals surface area contributed by atoms with E-state index in [4.69, 9.17) is 20.4 Å². The van der Waals surface area contributed by atoms with Crippen LogP contribution in [0.3, 0.4) is 0 Å². The Kier molecular flexibility index (Phi) is 9.65. The summed E-state index contributed by atoms with van der Waals surface area (Å²) in [5, 5.41) is 43.6. The number of amides is 1. The summed E-state index contributed by atoms with van der Waals surface area (Å²) >= 11 is 0. The first-order valence-corrected chi connectivity index (χ1v) is 14.2. The molecule has 1 saturated heterocycles. The van der Waals surface area contributed by atoms with Crippen LogP contribution in [0.4, 0.5) is 5.69 Å². The highest BCUT2D eigenvalue weighted by molar-refractivity contribution is 5.96. The molecule has 1 fully saturated rings. The molecule has 1 aliphatic carbocycles. The summed E-state index contributed by atoms with van der Waals surface area (Å²) in [5.74, 6) is -4.88. The largest absolute Gasteiger partial charge is 0.481 e. The van der Waals surface area contributed by atoms with Gasteiger partial charge in [-0.25, -0.2) is 4.79 Å². The number of hydrogen-bond acceptors (Lipinski definition) is 7. The number of carbonyl (C=O) groups excluding carboxylic acids is 1. The standard InChI is InChI=1S/C25H30N2O2.C6H8O7/c28-18-21-17-20-6-2-4-8-23(20)27(21)24(29)10-14-26-15-12-25(13-16-26)11-9-19-5-1-3-7-22(19)25;7-3(8)1-6(13,5(11)12)2-4(9)10/h1-8,21,28H,9-18H2;13H,1-2H2,(H,7,8)(H,9,10)(H,11,12). The van der Waals surface area contributed by atoms with Crippen LogP contribution in [-0.2, 0) is 37.4 Å². The van der Waals surface area contributed by atoms with Crippen LogP contribution in [0.25, 0.3) is 0 Å². The summed E-state index contributed by atoms with van der Waals surface area (Å²) in [5.41, 5.74) is 2.90. The van der Waals surface area contributed by atoms with Crippen LogP contribution in [0.15, 0.2) is 48.5 Å². The first-order valence-electron chi connectivity index (χ1n) is 14.2. The van der Waals surface area contributed by atoms with Crippen molar-refractivity contribution in [2.75, 3.05) is 31.1 Å². The van der Waals surface area contributed by atoms with Crippen LogP contribution in [0.2, 0.25) is 0 Å². The molecule has 2 heterocycles. The van der Waals surface area contributed by atoms with E-state index in [2.05, 4.69) is 35.2 Å². The van der Waals surface area contributed by atoms with E-state index in [9.17, 15) is 24.3 Å². The monoisotopic (exact) mass is 582 g/mol. The van der Waals surface area contributed by atoms with Gasteiger partial charge >= 0.3 is 17.9 Å². The number of carbonyl (C=O) groups is 4. The Morgan fingerprint density at radius 2 is 1.45 bits per heavy atom. The molecule has 5 rings (SSSR count). The SMILES string of the molecule is O=C(CCN1CCC2(CCc3ccccc32)CC1)N1c2ccccc2CC1CO.O=C(O)CC(O)(CC(=O)O)C(=O)O. The highest BCUT2D eigenvalue weighted by Crippen LogP contribution is 2.46. The van der Waals surface area contributed by atoms with E-state index in [0.29, 0.717) is 11.8 Å². The van der Waals surface area contributed by atoms with Gasteiger partial charge in [0.05, 0.1) is 25.5 Å². The third-order valence-corrected chi connectivity index (χ3v) is 8.75. The van der Waals surface area contributed by atoms with Gasteiger partial charge in [-0.15, -0.1) is 0 Å². The molecule has 11 heteroatoms. The molecule has 1 unspecified atom stereocenters. The van der Waals surface area contributed by atoms with Crippen molar-refractivity contribution in [2.24, 2.45) is 0 Å². The lowest BCUT2D eigenvalue weighted by molar-refractivity contribution is -0.170. The number of carboxylic acids is 3. The molecule has 0 radical (unpaired) electrons. The highest BCUT2D eigenvalue weighted by atomic mass is 16.4. The molecule has 1 spiro atoms. The second kappa shape index (κ2) is 13.0. The molecule has 226 valence electrons. The Bertz CT molecular complexity index is 1300. The number of anilines is 1. The molecule has 0 saturated carbocycles. The molecule has 1 amide bonds. The van der Waals surface area contributed by atoms with Gasteiger partial charge in [-0.2, -0.15) is 0 Å². The van der Waals surface area contributed by atoms with Gasteiger partial charge in [-0.1, -0.05) is 42.5 Å². The molecular formula is C31H38N2O9. The van der Waals surface area contributed by atoms with Crippen molar-refractivity contribution >= 4 is 29.5 Å². The first kappa shape index (κ1) is 31.1. The van der Waals surface area contributed by atoms with E-state index >= 15 is 0 Å². The molecule has 3 aliphatic rings. The maximum atomic E-state index is 13.0. The number of fused-ring (bicyclic) bond motifs is 3. The summed E-state index contributed by atoms with van der Waals surface area (Å²) in [6, 6.07) is 16.9. The summed E-state index contributed by atoms with van der Waals surface area (Å²) in [7, 11) is 0. The van der Waals surface area contributed by atoms with Crippen LogP contribution < -0.4 is 4.90 Å². The van der Waals surface area contributed by atoms with Crippen molar-refractivity contribution in [2.45, 2.75) is 68.4 Å². The van der Waals surface area contributed by atoms with Gasteiger partial charge in [-0.3, -0.25) is 14.4 Å². The third kappa shape index (κ3) is 6.80. The number of piperidine rings is 1. The van der Waals surface area contributed by atoms with E-state index in [1.807, 2.05) is 23.1 Å². The minimum atomic E-state index is -2.74. The van der Waals surface area contributed by atoms with Gasteiger partial charge in [0.25, 0.3) is 0 Å². The van der Waals surface area contributed by atoms with Crippen molar-refractivity contribution in [3.8, 4) is 0 Å². The van der Waals surface area contributed by atoms with Gasteiger partial charge in [0.1, 0.15) is 0 Å². The lowest BCUT2D eigenvalue weighted by Crippen LogP contribution is -2.44. The third-order valence-electron chi connectivity index (χ3n) is 8.75. The van der Waals surface area contributed by atoms with E-state index in [1.165, 1.54) is 31.2 Å². The van der Waals surface area contributed by atoms with Gasteiger partial charge in [-0.05, 0) is 73.4 Å². The predicted octanol–water partition coefficient (Wildman–Crippen LogP) is 2.06. The maximum absolute atomic E-state index is 13.0. The van der Waals surface area contributed by atoms with Crippen molar-refractivity contribution in [3.63, 3.8) is 0 Å². The Balaban J connectivity index is 0.000000266. The molecule has 42 heavy (non-hydrogen) atoms. The quantitative estimate of drug-likeness (QED) is 0.294. The second-order valence-corrected chi connectivity index (χ2v) is 11.4. The number of hydrogen-bond donors (Lipinski definition) is 5. The number of rotatable bonds is 9. The van der Waals surface area contributed by atoms with Crippen LogP contribution in [-0.4, -0.2) is 92.1 Å². The molecule has 2 aromatic carbocycles. The number of nitrogens with zero attached hydrogens (tertiary/aromatic N) is 2. The molecule has 1 atom stereocenters. The van der Waals surface area contributed by atoms with Crippen molar-refractivity contribution in [3.05, 3.63) is 65.2 Å². The number of benzene rings is 2. The molecule has 5 N–H and O–H groups in total. The number of carboxylic acid groups (broad SMARTS) is 3. The minimum Gasteiger partial charge on any atom is -0.481 e. The van der Waals surface area contributed by atoms with Gasteiger partial charge < -0.3 is 35.3 Å². The number of likely N-dealkylation sites (tertiary alicyclic amines) is 1. The zero-order valence-corrected chi connectivity index (χ0v) is 23.4. The average Bonchev–Trinajstić information content (AvgIpc) is 3.51. The fourth-order valence-electron chi connectivity index (χ4n) is 6.52. The maximum Gasteiger partial charge on any atom is 0.336 e. The Morgan fingerprint density at radius 3 is 2.05 bits per heavy atom. The zero-order chi connectivity index (χ0) is 30.5. The van der Waals surface area contributed by atoms with Gasteiger partial charge in [0.15, 0.2) is 5.60 Å². The lowest BCUT2D eigenvalue weighted by atomic mass is 9.74. The van der Waals surface area contributed by atoms with Gasteiger partial charge in [0, 0.05) is 18.7 Å². The fraction of sp³-hybridized carbons (Fsp3) is 0.484. The number of aliphatic hydroxyl groups excluding tert-OH is 1. The molecule has 11 nitrogen and oxygen atoms in total. The normalized spacial score (nSPS) is 19.0. The second-order valence-electron chi connectivity index (χ2n) is 11.4. The van der Waals surface area contributed by atoms with E-state index in [1.54, 1.807) is 11.1 Å². The molecule has 2 aliphatic heterocycles. The Hall–Kier alpha value is -3.80. The Labute approximate surface area is 244 Å². The molecular weight excluding hydrogens is 544 g/mol. The highest BCUT2D eigenvalue weighted by Gasteiger charge is 2.42. The number of aliphatic carboxylic acids is 3. The van der Waals surface area contributed by atoms with Crippen LogP contribution in [0.5, 0.6) is 0 Å². The smallest absolute Gasteiger partial charge is 0.336 e. The summed E-state index contributed by atoms with van der Waals surface area (Å²) in [4.78, 5) is 47.8. The van der Waals surface area contributed by atoms with Crippen LogP contribution >= 0.6 is 0 Å². The number of para-hydroxylation sites is 1. The fourth-order valence-corrected chi connectivity index (χ4v) is 6.52. The molecule has 0 aromatic heterocycles. The summed E-state index contributed by atoms with van der Waals surface area (Å²) in [6.45, 7) is 2.97. The van der Waals surface area contributed by atoms with Gasteiger partial charge in [0.2, 0.25) is 5.91 Å². The minimum absolute atomic E-state index is 0.0199. The number of aryl methyl sites for hydroxylation is 1. The van der Waals surface area contributed by atoms with Crippen molar-refractivity contribution in [1.29, 1.82) is 0 Å². The number of aliphatic hydroxyl groups is 2. The first-order chi connectivity index (χ1) is 20.0. The lowest BCUT2D eigenvalue weighted by Gasteiger charge is -2.40. The van der Waals surface area contributed by atoms with Crippen molar-refractivity contribution < 1.29 is 44.7 Å². The molecule has 0 bridgehead atoms. The van der Waals surface area contributed by atoms with E-state index in [-0.39, 0.29) is 18.6 Å². The zero-order valence-electron chi connectivity index (χ0n) is 23.4. The van der Waals surface area contributed by atoms with Crippen molar-refractivity contribution in [1.82, 2.24) is 4.90 Å². The average molecular weight is 583 g/mol. The van der Waals surface area contributed by atoms with Crippen LogP contribution in [0, 0.1) is 0 Å².